The van der Waals surface area contributed by atoms with Gasteiger partial charge in [-0.3, -0.25) is 4.79 Å². The van der Waals surface area contributed by atoms with Crippen LogP contribution in [0.25, 0.3) is 0 Å². The maximum absolute atomic E-state index is 12.3. The second kappa shape index (κ2) is 11.3. The Labute approximate surface area is 151 Å². The molecular formula is C18H31ClN2O3. The van der Waals surface area contributed by atoms with Gasteiger partial charge in [0, 0.05) is 19.6 Å². The van der Waals surface area contributed by atoms with Crippen LogP contribution < -0.4 is 10.5 Å². The van der Waals surface area contributed by atoms with Crippen molar-refractivity contribution in [1.82, 2.24) is 4.90 Å². The summed E-state index contributed by atoms with van der Waals surface area (Å²) in [7, 11) is 3.42. The van der Waals surface area contributed by atoms with Crippen molar-refractivity contribution in [1.29, 1.82) is 0 Å². The number of nitrogens with two attached hydrogens (primary N) is 1. The zero-order chi connectivity index (χ0) is 17.4. The van der Waals surface area contributed by atoms with E-state index in [1.165, 1.54) is 0 Å². The van der Waals surface area contributed by atoms with Gasteiger partial charge >= 0.3 is 0 Å². The van der Waals surface area contributed by atoms with Crippen molar-refractivity contribution in [2.24, 2.45) is 11.7 Å². The molecule has 0 aliphatic carbocycles. The van der Waals surface area contributed by atoms with Gasteiger partial charge in [-0.15, -0.1) is 12.4 Å². The summed E-state index contributed by atoms with van der Waals surface area (Å²) in [5.41, 5.74) is 7.00. The highest BCUT2D eigenvalue weighted by atomic mass is 35.5. The summed E-state index contributed by atoms with van der Waals surface area (Å²) in [5, 5.41) is 0. The number of hydrogen-bond acceptors (Lipinski definition) is 4. The van der Waals surface area contributed by atoms with Crippen LogP contribution in [-0.2, 0) is 16.1 Å². The molecule has 0 aromatic heterocycles. The van der Waals surface area contributed by atoms with Crippen LogP contribution >= 0.6 is 12.4 Å². The molecule has 2 N–H and O–H groups in total. The largest absolute Gasteiger partial charge is 0.497 e. The molecule has 0 spiro atoms. The number of methoxy groups -OCH3 is 1. The van der Waals surface area contributed by atoms with Crippen LogP contribution in [0.2, 0.25) is 0 Å². The molecule has 0 radical (unpaired) electrons. The molecule has 1 aromatic carbocycles. The SMILES string of the molecule is COc1cccc(COC(C)C(=O)N(C)CCC(N)C(C)C)c1.Cl. The lowest BCUT2D eigenvalue weighted by Crippen LogP contribution is -2.39. The van der Waals surface area contributed by atoms with Gasteiger partial charge in [-0.1, -0.05) is 26.0 Å². The number of likely N-dealkylation sites (N-methyl/N-ethyl adjacent to an activating group) is 1. The van der Waals surface area contributed by atoms with E-state index in [0.29, 0.717) is 19.1 Å². The van der Waals surface area contributed by atoms with E-state index in [0.717, 1.165) is 17.7 Å². The maximum Gasteiger partial charge on any atom is 0.251 e. The molecule has 0 bridgehead atoms. The Morgan fingerprint density at radius 2 is 1.96 bits per heavy atom. The van der Waals surface area contributed by atoms with Gasteiger partial charge in [0.15, 0.2) is 0 Å². The third-order valence-corrected chi connectivity index (χ3v) is 4.01. The smallest absolute Gasteiger partial charge is 0.251 e. The van der Waals surface area contributed by atoms with Gasteiger partial charge in [0.25, 0.3) is 5.91 Å². The van der Waals surface area contributed by atoms with Crippen LogP contribution in [0.5, 0.6) is 5.75 Å². The number of amides is 1. The highest BCUT2D eigenvalue weighted by Gasteiger charge is 2.19. The predicted octanol–water partition coefficient (Wildman–Crippen LogP) is 2.85. The summed E-state index contributed by atoms with van der Waals surface area (Å²) < 4.78 is 10.9. The Morgan fingerprint density at radius 1 is 1.29 bits per heavy atom. The monoisotopic (exact) mass is 358 g/mol. The number of carbonyl (C=O) groups excluding carboxylic acids is 1. The molecule has 0 saturated carbocycles. The van der Waals surface area contributed by atoms with Crippen molar-refractivity contribution in [3.05, 3.63) is 29.8 Å². The van der Waals surface area contributed by atoms with Gasteiger partial charge in [0.05, 0.1) is 13.7 Å². The number of hydrogen-bond donors (Lipinski definition) is 1. The summed E-state index contributed by atoms with van der Waals surface area (Å²) in [6.45, 7) is 6.98. The first-order valence-electron chi connectivity index (χ1n) is 8.10. The molecule has 0 fully saturated rings. The standard InChI is InChI=1S/C18H30N2O3.ClH/c1-13(2)17(19)9-10-20(4)18(21)14(3)23-12-15-7-6-8-16(11-15)22-5;/h6-8,11,13-14,17H,9-10,12,19H2,1-5H3;1H. The zero-order valence-corrected chi connectivity index (χ0v) is 16.1. The highest BCUT2D eigenvalue weighted by molar-refractivity contribution is 5.85. The minimum Gasteiger partial charge on any atom is -0.497 e. The van der Waals surface area contributed by atoms with E-state index < -0.39 is 6.10 Å². The van der Waals surface area contributed by atoms with E-state index in [9.17, 15) is 4.79 Å². The topological polar surface area (TPSA) is 64.8 Å². The lowest BCUT2D eigenvalue weighted by molar-refractivity contribution is -0.142. The van der Waals surface area contributed by atoms with Crippen LogP contribution in [-0.4, -0.2) is 43.7 Å². The van der Waals surface area contributed by atoms with Crippen LogP contribution in [0.3, 0.4) is 0 Å². The normalized spacial score (nSPS) is 13.1. The number of ether oxygens (including phenoxy) is 2. The minimum atomic E-state index is -0.485. The Kier molecular flexibility index (Phi) is 10.7. The molecule has 0 aliphatic rings. The molecule has 1 aromatic rings. The first kappa shape index (κ1) is 22.7. The Hall–Kier alpha value is -1.30. The molecule has 138 valence electrons. The zero-order valence-electron chi connectivity index (χ0n) is 15.3. The number of halogens is 1. The van der Waals surface area contributed by atoms with Gasteiger partial charge in [0.2, 0.25) is 0 Å². The fourth-order valence-electron chi connectivity index (χ4n) is 2.15. The van der Waals surface area contributed by atoms with E-state index in [4.69, 9.17) is 15.2 Å². The molecule has 0 saturated heterocycles. The quantitative estimate of drug-likeness (QED) is 0.737. The fraction of sp³-hybridized carbons (Fsp3) is 0.611. The van der Waals surface area contributed by atoms with Gasteiger partial charge in [-0.05, 0) is 37.0 Å². The van der Waals surface area contributed by atoms with Crippen molar-refractivity contribution >= 4 is 18.3 Å². The Balaban J connectivity index is 0.00000529. The molecule has 6 heteroatoms. The summed E-state index contributed by atoms with van der Waals surface area (Å²) >= 11 is 0. The van der Waals surface area contributed by atoms with Crippen molar-refractivity contribution < 1.29 is 14.3 Å². The van der Waals surface area contributed by atoms with Crippen molar-refractivity contribution in [2.45, 2.75) is 45.9 Å². The lowest BCUT2D eigenvalue weighted by atomic mass is 10.0. The van der Waals surface area contributed by atoms with E-state index in [-0.39, 0.29) is 24.4 Å². The van der Waals surface area contributed by atoms with E-state index in [1.807, 2.05) is 24.3 Å². The van der Waals surface area contributed by atoms with Crippen LogP contribution in [0.4, 0.5) is 0 Å². The van der Waals surface area contributed by atoms with Crippen molar-refractivity contribution in [3.8, 4) is 5.75 Å². The highest BCUT2D eigenvalue weighted by Crippen LogP contribution is 2.14. The maximum atomic E-state index is 12.3. The Bertz CT molecular complexity index is 497. The number of carbonyl (C=O) groups is 1. The average Bonchev–Trinajstić information content (AvgIpc) is 2.56. The molecule has 0 aliphatic heterocycles. The van der Waals surface area contributed by atoms with Gasteiger partial charge in [-0.2, -0.15) is 0 Å². The molecular weight excluding hydrogens is 328 g/mol. The van der Waals surface area contributed by atoms with Crippen LogP contribution in [0.1, 0.15) is 32.8 Å². The third-order valence-electron chi connectivity index (χ3n) is 4.01. The van der Waals surface area contributed by atoms with E-state index in [1.54, 1.807) is 26.0 Å². The molecule has 2 atom stereocenters. The molecule has 2 unspecified atom stereocenters. The Morgan fingerprint density at radius 3 is 2.54 bits per heavy atom. The summed E-state index contributed by atoms with van der Waals surface area (Å²) in [4.78, 5) is 14.0. The molecule has 1 amide bonds. The molecule has 5 nitrogen and oxygen atoms in total. The first-order valence-corrected chi connectivity index (χ1v) is 8.10. The van der Waals surface area contributed by atoms with E-state index >= 15 is 0 Å². The summed E-state index contributed by atoms with van der Waals surface area (Å²) in [6, 6.07) is 7.75. The lowest BCUT2D eigenvalue weighted by Gasteiger charge is -2.24. The summed E-state index contributed by atoms with van der Waals surface area (Å²) in [6.07, 6.45) is 0.309. The number of rotatable bonds is 9. The van der Waals surface area contributed by atoms with E-state index in [2.05, 4.69) is 13.8 Å². The van der Waals surface area contributed by atoms with Gasteiger partial charge in [-0.25, -0.2) is 0 Å². The average molecular weight is 359 g/mol. The second-order valence-corrected chi connectivity index (χ2v) is 6.26. The van der Waals surface area contributed by atoms with Gasteiger partial charge in [0.1, 0.15) is 11.9 Å². The molecule has 1 rings (SSSR count). The van der Waals surface area contributed by atoms with Crippen molar-refractivity contribution in [2.75, 3.05) is 20.7 Å². The minimum absolute atomic E-state index is 0. The predicted molar refractivity (Wildman–Crippen MR) is 99.6 cm³/mol. The van der Waals surface area contributed by atoms with Gasteiger partial charge < -0.3 is 20.1 Å². The number of benzene rings is 1. The number of nitrogens with zero attached hydrogens (tertiary/aromatic N) is 1. The van der Waals surface area contributed by atoms with Crippen LogP contribution in [0, 0.1) is 5.92 Å². The first-order chi connectivity index (χ1) is 10.8. The molecule has 24 heavy (non-hydrogen) atoms. The summed E-state index contributed by atoms with van der Waals surface area (Å²) in [5.74, 6) is 1.17. The van der Waals surface area contributed by atoms with Crippen molar-refractivity contribution in [3.63, 3.8) is 0 Å². The third kappa shape index (κ3) is 7.51. The second-order valence-electron chi connectivity index (χ2n) is 6.26. The van der Waals surface area contributed by atoms with Crippen LogP contribution in [0.15, 0.2) is 24.3 Å². The fourth-order valence-corrected chi connectivity index (χ4v) is 2.15. The molecule has 0 heterocycles.